The molecule has 11 amide bonds. The molecule has 3 aliphatic rings. The Hall–Kier alpha value is -12.2. The Balaban J connectivity index is 1.03. The number of rotatable bonds is 34. The molecule has 34 nitrogen and oxygen atoms in total. The summed E-state index contributed by atoms with van der Waals surface area (Å²) in [4.78, 5) is 196. The summed E-state index contributed by atoms with van der Waals surface area (Å²) in [5, 5.41) is 32.9. The van der Waals surface area contributed by atoms with E-state index in [1.807, 2.05) is 83.1 Å². The van der Waals surface area contributed by atoms with E-state index >= 15 is 24.0 Å². The third-order valence-electron chi connectivity index (χ3n) is 20.4. The zero-order valence-corrected chi connectivity index (χ0v) is 73.1. The van der Waals surface area contributed by atoms with E-state index in [2.05, 4.69) is 52.8 Å². The Morgan fingerprint density at radius 2 is 1.13 bits per heavy atom. The molecule has 0 radical (unpaired) electrons. The molecule has 4 aromatic carbocycles. The van der Waals surface area contributed by atoms with Crippen LogP contribution in [-0.2, 0) is 86.2 Å². The van der Waals surface area contributed by atoms with E-state index in [0.717, 1.165) is 33.1 Å². The van der Waals surface area contributed by atoms with E-state index in [1.165, 1.54) is 28.8 Å². The maximum atomic E-state index is 15.9. The quantitative estimate of drug-likeness (QED) is 0.00822. The fourth-order valence-corrected chi connectivity index (χ4v) is 14.8. The lowest BCUT2D eigenvalue weighted by atomic mass is 9.98. The highest BCUT2D eigenvalue weighted by atomic mass is 16.6. The van der Waals surface area contributed by atoms with Gasteiger partial charge in [0.2, 0.25) is 59.1 Å². The van der Waals surface area contributed by atoms with Crippen molar-refractivity contribution in [2.24, 2.45) is 11.7 Å². The molecule has 123 heavy (non-hydrogen) atoms. The second-order valence-corrected chi connectivity index (χ2v) is 35.6. The largest absolute Gasteiger partial charge is 0.488 e. The first-order valence-corrected chi connectivity index (χ1v) is 41.8. The minimum atomic E-state index is -1.78. The smallest absolute Gasteiger partial charge is 0.419 e. The number of likely N-dealkylation sites (tertiary alicyclic amines) is 2. The highest BCUT2D eigenvalue weighted by Crippen LogP contribution is 2.45. The molecule has 6 aromatic rings. The van der Waals surface area contributed by atoms with Gasteiger partial charge in [0.25, 0.3) is 0 Å². The number of fused-ring (bicyclic) bond motifs is 4. The number of imidazole rings is 1. The van der Waals surface area contributed by atoms with Crippen molar-refractivity contribution in [3.63, 3.8) is 0 Å². The third kappa shape index (κ3) is 26.6. The van der Waals surface area contributed by atoms with Crippen LogP contribution < -0.4 is 58.3 Å². The Kier molecular flexibility index (Phi) is 31.6. The van der Waals surface area contributed by atoms with Crippen LogP contribution in [0.3, 0.4) is 0 Å². The van der Waals surface area contributed by atoms with Crippen molar-refractivity contribution in [1.82, 2.24) is 71.8 Å². The molecule has 0 spiro atoms. The number of aromatic nitrogens is 3. The van der Waals surface area contributed by atoms with Gasteiger partial charge in [-0.25, -0.2) is 28.8 Å². The first-order chi connectivity index (χ1) is 57.8. The minimum Gasteiger partial charge on any atom is -0.488 e. The molecule has 2 aliphatic heterocycles. The highest BCUT2D eigenvalue weighted by Gasteiger charge is 2.45. The summed E-state index contributed by atoms with van der Waals surface area (Å²) < 4.78 is 31.9. The number of likely N-dealkylation sites (N-methyl/N-ethyl adjacent to an activating group) is 1. The number of nitrogens with zero attached hydrogens (tertiary/aromatic N) is 5. The standard InChI is InChI=1S/C89H120N16O18/c1-17-92-79(113)70-33-25-41-103(70)81(115)63(31-24-40-93-82(90)91)96-75(109)64(42-51(2)3)97-73(107)52(4)95-74(108)65(43-53-34-36-56(37-35-53)121-87(8,9)10)98-78(112)68(49-120-86(5,6)7)101-76(110)66(44-54-46-104(84(117)123-89(14,15)16)69-32-23-22-26-57(54)69)99-77(111)67(45-55-47-102(50-94-55)83(116)122-88(11,12)13)100-80(114)71-38-39-72(106)105(71)85(118)119-48-62-60-29-20-18-27-58(60)59-28-19-21-30-61(59)62/h18-23,26-30,32,34-37,46-47,50-52,62-68,70-71H,17,24-25,31,33,38-45,48-49H2,1-16H3,(H,92,113)(H,95,108)(H,96,109)(H,97,107)(H,98,112)(H,99,111)(H,100,114)(H,101,110)(H4,90,91,93)/t52-,63+,64+,65+,66+,67+,68+,70+,71+/m1/s1. The number of carbonyl (C=O) groups excluding carboxylic acids is 13. The van der Waals surface area contributed by atoms with Gasteiger partial charge < -0.3 is 82.2 Å². The number of hydrogen-bond acceptors (Lipinski definition) is 20. The molecular weight excluding hydrogens is 1580 g/mol. The fraction of sp³-hybridized carbons (Fsp3) is 0.517. The normalized spacial score (nSPS) is 16.4. The van der Waals surface area contributed by atoms with E-state index in [4.69, 9.17) is 34.8 Å². The number of nitrogens with one attached hydrogen (secondary N) is 10. The number of benzene rings is 4. The Morgan fingerprint density at radius 1 is 0.569 bits per heavy atom. The summed E-state index contributed by atoms with van der Waals surface area (Å²) in [6.45, 7) is 27.4. The van der Waals surface area contributed by atoms with Crippen LogP contribution in [0.25, 0.3) is 22.0 Å². The molecule has 664 valence electrons. The van der Waals surface area contributed by atoms with Crippen molar-refractivity contribution in [3.8, 4) is 16.9 Å². The highest BCUT2D eigenvalue weighted by molar-refractivity contribution is 6.03. The van der Waals surface area contributed by atoms with Crippen molar-refractivity contribution in [3.05, 3.63) is 144 Å². The van der Waals surface area contributed by atoms with Gasteiger partial charge in [-0.15, -0.1) is 0 Å². The van der Waals surface area contributed by atoms with E-state index < -0.39 is 174 Å². The average molecular weight is 1700 g/mol. The van der Waals surface area contributed by atoms with Gasteiger partial charge in [0, 0.05) is 69.0 Å². The summed E-state index contributed by atoms with van der Waals surface area (Å²) in [5.74, 6) is -8.66. The number of carbonyl (C=O) groups is 13. The lowest BCUT2D eigenvalue weighted by Gasteiger charge is -2.30. The van der Waals surface area contributed by atoms with Gasteiger partial charge in [0.15, 0.2) is 5.96 Å². The maximum absolute atomic E-state index is 15.9. The second-order valence-electron chi connectivity index (χ2n) is 35.6. The molecule has 9 rings (SSSR count). The van der Waals surface area contributed by atoms with Crippen molar-refractivity contribution in [2.45, 2.75) is 258 Å². The number of ether oxygens (including phenoxy) is 5. The van der Waals surface area contributed by atoms with Crippen LogP contribution in [0.1, 0.15) is 190 Å². The molecule has 2 saturated heterocycles. The number of amides is 11. The molecule has 0 unspecified atom stereocenters. The monoisotopic (exact) mass is 1700 g/mol. The summed E-state index contributed by atoms with van der Waals surface area (Å²) in [7, 11) is 0. The lowest BCUT2D eigenvalue weighted by Crippen LogP contribution is -2.61. The number of imide groups is 1. The van der Waals surface area contributed by atoms with Crippen LogP contribution in [0.4, 0.5) is 14.4 Å². The van der Waals surface area contributed by atoms with Gasteiger partial charge in [-0.3, -0.25) is 57.9 Å². The Bertz CT molecular complexity index is 4810. The molecule has 34 heteroatoms. The van der Waals surface area contributed by atoms with E-state index in [1.54, 1.807) is 118 Å². The Morgan fingerprint density at radius 3 is 1.74 bits per heavy atom. The van der Waals surface area contributed by atoms with Crippen LogP contribution in [-0.4, -0.2) is 217 Å². The third-order valence-corrected chi connectivity index (χ3v) is 20.4. The number of nitrogens with two attached hydrogens (primary N) is 1. The van der Waals surface area contributed by atoms with Crippen LogP contribution in [0, 0.1) is 11.3 Å². The van der Waals surface area contributed by atoms with E-state index in [-0.39, 0.29) is 87.3 Å². The van der Waals surface area contributed by atoms with Gasteiger partial charge in [-0.1, -0.05) is 92.7 Å². The molecular formula is C89H120N16O18. The predicted octanol–water partition coefficient (Wildman–Crippen LogP) is 7.21. The maximum Gasteiger partial charge on any atom is 0.419 e. The SMILES string of the molecule is CCNC(=O)[C@@H]1CCCN1C(=O)[C@H](CCCNC(=N)N)NC(=O)[C@H](CC(C)C)NC(=O)[C@@H](C)NC(=O)[C@H](Cc1ccc(OC(C)(C)C)cc1)NC(=O)[C@H](COC(C)(C)C)NC(=O)[C@H](Cc1cn(C(=O)OC(C)(C)C)c2ccccc12)NC(=O)[C@H](Cc1cn(C(=O)OC(C)(C)C)cn1)NC(=O)[C@@H]1CCC(=O)N1C(=O)OCC1c2ccccc2-c2ccccc21. The number of guanidine groups is 1. The van der Waals surface area contributed by atoms with Crippen molar-refractivity contribution >= 4 is 94.2 Å². The summed E-state index contributed by atoms with van der Waals surface area (Å²) in [6.07, 6.45) is 0.730. The van der Waals surface area contributed by atoms with Crippen molar-refractivity contribution in [2.75, 3.05) is 32.8 Å². The molecule has 9 atom stereocenters. The van der Waals surface area contributed by atoms with Gasteiger partial charge >= 0.3 is 18.3 Å². The minimum absolute atomic E-state index is 0.0365. The molecule has 12 N–H and O–H groups in total. The van der Waals surface area contributed by atoms with Gasteiger partial charge in [-0.2, -0.15) is 0 Å². The number of para-hydroxylation sites is 1. The average Bonchev–Trinajstić information content (AvgIpc) is 1.61. The van der Waals surface area contributed by atoms with Gasteiger partial charge in [0.05, 0.1) is 23.4 Å². The summed E-state index contributed by atoms with van der Waals surface area (Å²) in [5.41, 5.74) is 6.81. The second kappa shape index (κ2) is 41.1. The van der Waals surface area contributed by atoms with Crippen LogP contribution in [0.2, 0.25) is 0 Å². The molecule has 1 aliphatic carbocycles. The number of hydrogen-bond donors (Lipinski definition) is 11. The zero-order chi connectivity index (χ0) is 90.2. The Labute approximate surface area is 716 Å². The summed E-state index contributed by atoms with van der Waals surface area (Å²) in [6, 6.07) is 15.6. The van der Waals surface area contributed by atoms with Gasteiger partial charge in [0.1, 0.15) is 89.9 Å². The van der Waals surface area contributed by atoms with E-state index in [9.17, 15) is 38.4 Å². The van der Waals surface area contributed by atoms with Crippen LogP contribution in [0.15, 0.2) is 116 Å². The first kappa shape index (κ1) is 94.6. The predicted molar refractivity (Wildman–Crippen MR) is 457 cm³/mol. The van der Waals surface area contributed by atoms with Crippen molar-refractivity contribution < 1.29 is 86.0 Å². The van der Waals surface area contributed by atoms with Crippen LogP contribution in [0.5, 0.6) is 5.75 Å². The first-order valence-electron chi connectivity index (χ1n) is 41.8. The van der Waals surface area contributed by atoms with Gasteiger partial charge in [-0.05, 0) is 193 Å². The van der Waals surface area contributed by atoms with E-state index in [0.29, 0.717) is 46.5 Å². The molecule has 2 aromatic heterocycles. The summed E-state index contributed by atoms with van der Waals surface area (Å²) >= 11 is 0. The molecule has 2 fully saturated rings. The molecule has 4 heterocycles. The van der Waals surface area contributed by atoms with Crippen molar-refractivity contribution in [1.29, 1.82) is 5.41 Å². The zero-order valence-electron chi connectivity index (χ0n) is 73.1. The molecule has 0 saturated carbocycles. The fourth-order valence-electron chi connectivity index (χ4n) is 14.8. The molecule has 0 bridgehead atoms. The topological polar surface area (TPSA) is 455 Å². The lowest BCUT2D eigenvalue weighted by molar-refractivity contribution is -0.142. The van der Waals surface area contributed by atoms with Crippen LogP contribution >= 0.6 is 0 Å².